The van der Waals surface area contributed by atoms with E-state index < -0.39 is 11.8 Å². The Balaban J connectivity index is 1.77. The van der Waals surface area contributed by atoms with Crippen molar-refractivity contribution in [3.63, 3.8) is 0 Å². The number of hydrogen-bond acceptors (Lipinski definition) is 4. The highest BCUT2D eigenvalue weighted by atomic mass is 19.1. The molecule has 0 atom stereocenters. The second kappa shape index (κ2) is 8.97. The van der Waals surface area contributed by atoms with Gasteiger partial charge in [-0.2, -0.15) is 0 Å². The quantitative estimate of drug-likeness (QED) is 0.237. The van der Waals surface area contributed by atoms with Crippen LogP contribution in [0.25, 0.3) is 22.3 Å². The maximum absolute atomic E-state index is 14.5. The lowest BCUT2D eigenvalue weighted by Crippen LogP contribution is -2.08. The topological polar surface area (TPSA) is 52.6 Å². The summed E-state index contributed by atoms with van der Waals surface area (Å²) < 4.78 is 24.3. The van der Waals surface area contributed by atoms with Gasteiger partial charge in [0, 0.05) is 17.2 Å². The Hall–Kier alpha value is -3.73. The second-order valence-corrected chi connectivity index (χ2v) is 6.49. The van der Waals surface area contributed by atoms with E-state index >= 15 is 0 Å². The zero-order valence-electron chi connectivity index (χ0n) is 15.9. The highest BCUT2D eigenvalue weighted by Crippen LogP contribution is 2.29. The van der Waals surface area contributed by atoms with Gasteiger partial charge in [0.1, 0.15) is 18.2 Å². The van der Waals surface area contributed by atoms with Crippen LogP contribution in [0, 0.1) is 5.82 Å². The van der Waals surface area contributed by atoms with Gasteiger partial charge in [-0.15, -0.1) is 0 Å². The lowest BCUT2D eigenvalue weighted by Gasteiger charge is -2.09. The summed E-state index contributed by atoms with van der Waals surface area (Å²) in [5, 5.41) is 0. The van der Waals surface area contributed by atoms with E-state index in [1.807, 2.05) is 48.5 Å². The zero-order valence-corrected chi connectivity index (χ0v) is 15.9. The molecule has 0 amide bonds. The van der Waals surface area contributed by atoms with E-state index in [2.05, 4.69) is 6.58 Å². The van der Waals surface area contributed by atoms with Crippen molar-refractivity contribution in [1.82, 2.24) is 0 Å². The van der Waals surface area contributed by atoms with Gasteiger partial charge in [0.05, 0.1) is 0 Å². The number of esters is 1. The minimum Gasteiger partial charge on any atom is -0.463 e. The minimum absolute atomic E-state index is 0.134. The highest BCUT2D eigenvalue weighted by molar-refractivity contribution is 5.88. The van der Waals surface area contributed by atoms with Crippen LogP contribution in [0.5, 0.6) is 5.75 Å². The van der Waals surface area contributed by atoms with Gasteiger partial charge >= 0.3 is 5.97 Å². The van der Waals surface area contributed by atoms with Crippen LogP contribution in [-0.4, -0.2) is 12.4 Å². The number of ether oxygens (including phenoxy) is 2. The van der Waals surface area contributed by atoms with Crippen LogP contribution < -0.4 is 4.74 Å². The third-order valence-corrected chi connectivity index (χ3v) is 4.30. The van der Waals surface area contributed by atoms with Crippen molar-refractivity contribution >= 4 is 12.4 Å². The van der Waals surface area contributed by atoms with Crippen LogP contribution in [0.2, 0.25) is 0 Å². The molecule has 0 fully saturated rings. The Morgan fingerprint density at radius 2 is 1.55 bits per heavy atom. The van der Waals surface area contributed by atoms with Crippen molar-refractivity contribution in [3.05, 3.63) is 90.3 Å². The molecule has 5 heteroatoms. The molecule has 0 saturated heterocycles. The molecule has 0 aromatic heterocycles. The van der Waals surface area contributed by atoms with Crippen LogP contribution in [-0.2, 0) is 20.9 Å². The molecule has 0 N–H and O–H groups in total. The molecule has 3 aromatic rings. The van der Waals surface area contributed by atoms with E-state index in [1.165, 1.54) is 13.0 Å². The first kappa shape index (κ1) is 20.0. The summed E-state index contributed by atoms with van der Waals surface area (Å²) in [7, 11) is 0. The molecule has 4 nitrogen and oxygen atoms in total. The Morgan fingerprint density at radius 1 is 0.966 bits per heavy atom. The number of halogens is 1. The molecule has 0 unspecified atom stereocenters. The molecule has 146 valence electrons. The van der Waals surface area contributed by atoms with Crippen LogP contribution in [0.3, 0.4) is 0 Å². The van der Waals surface area contributed by atoms with E-state index in [-0.39, 0.29) is 17.9 Å². The van der Waals surface area contributed by atoms with Gasteiger partial charge < -0.3 is 9.47 Å². The standard InChI is InChI=1S/C24H19FO4/c1-16(2)24(27)29-21-11-12-22(23(25)13-21)20-9-7-19(8-10-20)18-5-3-17(4-6-18)14-28-15-26/h3-13,15H,1,14H2,2H3. The van der Waals surface area contributed by atoms with Crippen molar-refractivity contribution in [2.24, 2.45) is 0 Å². The van der Waals surface area contributed by atoms with Gasteiger partial charge in [-0.05, 0) is 41.3 Å². The van der Waals surface area contributed by atoms with Gasteiger partial charge in [-0.25, -0.2) is 9.18 Å². The first-order valence-corrected chi connectivity index (χ1v) is 8.90. The van der Waals surface area contributed by atoms with Crippen LogP contribution in [0.15, 0.2) is 78.9 Å². The summed E-state index contributed by atoms with van der Waals surface area (Å²) >= 11 is 0. The number of rotatable bonds is 7. The molecule has 0 bridgehead atoms. The lowest BCUT2D eigenvalue weighted by molar-refractivity contribution is -0.130. The van der Waals surface area contributed by atoms with Gasteiger partial charge in [-0.1, -0.05) is 55.1 Å². The molecular formula is C24H19FO4. The van der Waals surface area contributed by atoms with E-state index in [1.54, 1.807) is 12.1 Å². The summed E-state index contributed by atoms with van der Waals surface area (Å²) in [6.45, 7) is 5.69. The molecule has 0 aliphatic rings. The number of carbonyl (C=O) groups excluding carboxylic acids is 2. The van der Waals surface area contributed by atoms with Crippen LogP contribution >= 0.6 is 0 Å². The molecule has 0 spiro atoms. The van der Waals surface area contributed by atoms with Crippen molar-refractivity contribution in [2.45, 2.75) is 13.5 Å². The average Bonchev–Trinajstić information content (AvgIpc) is 2.73. The monoisotopic (exact) mass is 390 g/mol. The van der Waals surface area contributed by atoms with Crippen molar-refractivity contribution < 1.29 is 23.5 Å². The van der Waals surface area contributed by atoms with Gasteiger partial charge in [0.15, 0.2) is 0 Å². The molecule has 0 aliphatic carbocycles. The molecule has 3 aromatic carbocycles. The largest absolute Gasteiger partial charge is 0.463 e. The third kappa shape index (κ3) is 4.96. The maximum Gasteiger partial charge on any atom is 0.338 e. The van der Waals surface area contributed by atoms with E-state index in [0.717, 1.165) is 16.7 Å². The lowest BCUT2D eigenvalue weighted by atomic mass is 9.99. The Labute approximate surface area is 168 Å². The fourth-order valence-electron chi connectivity index (χ4n) is 2.75. The molecule has 0 aliphatic heterocycles. The summed E-state index contributed by atoms with van der Waals surface area (Å²) in [5.74, 6) is -0.941. The smallest absolute Gasteiger partial charge is 0.338 e. The van der Waals surface area contributed by atoms with Gasteiger partial charge in [-0.3, -0.25) is 4.79 Å². The van der Waals surface area contributed by atoms with Gasteiger partial charge in [0.2, 0.25) is 0 Å². The first-order valence-electron chi connectivity index (χ1n) is 8.90. The fourth-order valence-corrected chi connectivity index (χ4v) is 2.75. The van der Waals surface area contributed by atoms with Crippen molar-refractivity contribution in [3.8, 4) is 28.0 Å². The van der Waals surface area contributed by atoms with E-state index in [0.29, 0.717) is 17.6 Å². The van der Waals surface area contributed by atoms with Crippen molar-refractivity contribution in [1.29, 1.82) is 0 Å². The molecule has 0 saturated carbocycles. The predicted octanol–water partition coefficient (Wildman–Crippen LogP) is 5.31. The minimum atomic E-state index is -0.592. The number of hydrogen-bond donors (Lipinski definition) is 0. The zero-order chi connectivity index (χ0) is 20.8. The van der Waals surface area contributed by atoms with Crippen LogP contribution in [0.1, 0.15) is 12.5 Å². The Morgan fingerprint density at radius 3 is 2.10 bits per heavy atom. The number of benzene rings is 3. The Bertz CT molecular complexity index is 1040. The number of carbonyl (C=O) groups is 2. The van der Waals surface area contributed by atoms with Crippen molar-refractivity contribution in [2.75, 3.05) is 0 Å². The van der Waals surface area contributed by atoms with E-state index in [9.17, 15) is 14.0 Å². The Kier molecular flexibility index (Phi) is 6.19. The maximum atomic E-state index is 14.5. The predicted molar refractivity (Wildman–Crippen MR) is 109 cm³/mol. The van der Waals surface area contributed by atoms with Crippen LogP contribution in [0.4, 0.5) is 4.39 Å². The summed E-state index contributed by atoms with van der Waals surface area (Å²) in [6, 6.07) is 19.4. The fraction of sp³-hybridized carbons (Fsp3) is 0.0833. The summed E-state index contributed by atoms with van der Waals surface area (Å²) in [5.41, 5.74) is 4.23. The summed E-state index contributed by atoms with van der Waals surface area (Å²) in [4.78, 5) is 21.8. The normalized spacial score (nSPS) is 10.3. The second-order valence-electron chi connectivity index (χ2n) is 6.49. The van der Waals surface area contributed by atoms with E-state index in [4.69, 9.17) is 9.47 Å². The highest BCUT2D eigenvalue weighted by Gasteiger charge is 2.10. The summed E-state index contributed by atoms with van der Waals surface area (Å²) in [6.07, 6.45) is 0. The molecule has 0 heterocycles. The SMILES string of the molecule is C=C(C)C(=O)Oc1ccc(-c2ccc(-c3ccc(COC=O)cc3)cc2)c(F)c1. The molecule has 29 heavy (non-hydrogen) atoms. The molecule has 0 radical (unpaired) electrons. The molecule has 3 rings (SSSR count). The van der Waals surface area contributed by atoms with Gasteiger partial charge in [0.25, 0.3) is 6.47 Å². The average molecular weight is 390 g/mol. The first-order chi connectivity index (χ1) is 14.0. The third-order valence-electron chi connectivity index (χ3n) is 4.30. The molecular weight excluding hydrogens is 371 g/mol.